The van der Waals surface area contributed by atoms with E-state index in [1.165, 1.54) is 11.3 Å². The second-order valence-electron chi connectivity index (χ2n) is 6.15. The molecule has 0 spiro atoms. The first-order valence-corrected chi connectivity index (χ1v) is 7.78. The van der Waals surface area contributed by atoms with Crippen LogP contribution in [-0.4, -0.2) is 19.0 Å². The summed E-state index contributed by atoms with van der Waals surface area (Å²) in [5.41, 5.74) is 0.393. The van der Waals surface area contributed by atoms with Crippen LogP contribution in [0.25, 0.3) is 0 Å². The molecule has 1 rings (SSSR count). The van der Waals surface area contributed by atoms with Gasteiger partial charge in [-0.25, -0.2) is 0 Å². The Morgan fingerprint density at radius 1 is 1.42 bits per heavy atom. The molecular weight excluding hydrogens is 254 g/mol. The summed E-state index contributed by atoms with van der Waals surface area (Å²) in [6, 6.07) is 4.64. The number of aliphatic imine (C=N–C) groups is 1. The molecule has 1 unspecified atom stereocenters. The SMILES string of the molecule is CN=C(NCc1cccs1)NC(C)CCC(C)(C)C. The quantitative estimate of drug-likeness (QED) is 0.639. The van der Waals surface area contributed by atoms with Crippen LogP contribution < -0.4 is 10.6 Å². The Hall–Kier alpha value is -1.03. The molecule has 0 aliphatic heterocycles. The minimum Gasteiger partial charge on any atom is -0.354 e. The summed E-state index contributed by atoms with van der Waals surface area (Å²) in [4.78, 5) is 5.60. The van der Waals surface area contributed by atoms with Crippen LogP contribution in [0.1, 0.15) is 45.4 Å². The Labute approximate surface area is 121 Å². The van der Waals surface area contributed by atoms with E-state index in [0.29, 0.717) is 11.5 Å². The van der Waals surface area contributed by atoms with Crippen molar-refractivity contribution in [3.63, 3.8) is 0 Å². The summed E-state index contributed by atoms with van der Waals surface area (Å²) in [5.74, 6) is 0.884. The summed E-state index contributed by atoms with van der Waals surface area (Å²) < 4.78 is 0. The van der Waals surface area contributed by atoms with Crippen molar-refractivity contribution in [1.29, 1.82) is 0 Å². The van der Waals surface area contributed by atoms with E-state index in [1.54, 1.807) is 11.3 Å². The van der Waals surface area contributed by atoms with Gasteiger partial charge in [0.05, 0.1) is 6.54 Å². The summed E-state index contributed by atoms with van der Waals surface area (Å²) >= 11 is 1.76. The van der Waals surface area contributed by atoms with Crippen LogP contribution in [-0.2, 0) is 6.54 Å². The zero-order chi connectivity index (χ0) is 14.3. The average Bonchev–Trinajstić information content (AvgIpc) is 2.84. The van der Waals surface area contributed by atoms with E-state index in [4.69, 9.17) is 0 Å². The molecule has 0 aliphatic rings. The molecule has 0 radical (unpaired) electrons. The molecule has 0 saturated carbocycles. The Bertz CT molecular complexity index is 377. The van der Waals surface area contributed by atoms with Crippen LogP contribution in [0, 0.1) is 5.41 Å². The smallest absolute Gasteiger partial charge is 0.191 e. The first-order valence-electron chi connectivity index (χ1n) is 6.90. The second kappa shape index (κ2) is 7.53. The van der Waals surface area contributed by atoms with E-state index in [-0.39, 0.29) is 0 Å². The molecule has 4 heteroatoms. The Kier molecular flexibility index (Phi) is 6.35. The van der Waals surface area contributed by atoms with Gasteiger partial charge in [0.25, 0.3) is 0 Å². The van der Waals surface area contributed by atoms with E-state index < -0.39 is 0 Å². The molecule has 19 heavy (non-hydrogen) atoms. The van der Waals surface area contributed by atoms with Gasteiger partial charge in [-0.3, -0.25) is 4.99 Å². The highest BCUT2D eigenvalue weighted by molar-refractivity contribution is 7.09. The van der Waals surface area contributed by atoms with Crippen molar-refractivity contribution in [2.45, 2.75) is 53.1 Å². The number of rotatable bonds is 5. The lowest BCUT2D eigenvalue weighted by atomic mass is 9.89. The maximum Gasteiger partial charge on any atom is 0.191 e. The molecule has 1 atom stereocenters. The van der Waals surface area contributed by atoms with Crippen molar-refractivity contribution in [1.82, 2.24) is 10.6 Å². The molecule has 1 aromatic rings. The zero-order valence-electron chi connectivity index (χ0n) is 12.8. The van der Waals surface area contributed by atoms with Gasteiger partial charge < -0.3 is 10.6 Å². The summed E-state index contributed by atoms with van der Waals surface area (Å²) in [6.07, 6.45) is 2.37. The van der Waals surface area contributed by atoms with Gasteiger partial charge in [0, 0.05) is 18.0 Å². The van der Waals surface area contributed by atoms with Crippen LogP contribution in [0.2, 0.25) is 0 Å². The van der Waals surface area contributed by atoms with E-state index in [1.807, 2.05) is 7.05 Å². The van der Waals surface area contributed by atoms with Gasteiger partial charge in [-0.05, 0) is 36.6 Å². The monoisotopic (exact) mass is 281 g/mol. The van der Waals surface area contributed by atoms with Crippen molar-refractivity contribution in [3.8, 4) is 0 Å². The lowest BCUT2D eigenvalue weighted by Crippen LogP contribution is -2.42. The number of thiophene rings is 1. The minimum absolute atomic E-state index is 0.393. The molecule has 0 amide bonds. The standard InChI is InChI=1S/C15H27N3S/c1-12(8-9-15(2,3)4)18-14(16-5)17-11-13-7-6-10-19-13/h6-7,10,12H,8-9,11H2,1-5H3,(H2,16,17,18). The summed E-state index contributed by atoms with van der Waals surface area (Å²) in [6.45, 7) is 9.89. The van der Waals surface area contributed by atoms with Crippen LogP contribution in [0.5, 0.6) is 0 Å². The molecule has 0 aromatic carbocycles. The topological polar surface area (TPSA) is 36.4 Å². The number of hydrogen-bond acceptors (Lipinski definition) is 2. The van der Waals surface area contributed by atoms with Crippen LogP contribution >= 0.6 is 11.3 Å². The van der Waals surface area contributed by atoms with Gasteiger partial charge in [-0.1, -0.05) is 26.8 Å². The van der Waals surface area contributed by atoms with Gasteiger partial charge in [0.2, 0.25) is 0 Å². The Balaban J connectivity index is 2.31. The van der Waals surface area contributed by atoms with Crippen LogP contribution in [0.4, 0.5) is 0 Å². The number of nitrogens with zero attached hydrogens (tertiary/aromatic N) is 1. The molecule has 1 heterocycles. The Morgan fingerprint density at radius 3 is 2.68 bits per heavy atom. The number of hydrogen-bond donors (Lipinski definition) is 2. The van der Waals surface area contributed by atoms with Crippen molar-refractivity contribution in [2.24, 2.45) is 10.4 Å². The normalized spacial score (nSPS) is 14.3. The third-order valence-electron chi connectivity index (χ3n) is 2.94. The number of guanidine groups is 1. The molecule has 0 aliphatic carbocycles. The Morgan fingerprint density at radius 2 is 2.16 bits per heavy atom. The highest BCUT2D eigenvalue weighted by Crippen LogP contribution is 2.21. The summed E-state index contributed by atoms with van der Waals surface area (Å²) in [5, 5.41) is 8.89. The van der Waals surface area contributed by atoms with Gasteiger partial charge in [-0.2, -0.15) is 0 Å². The first kappa shape index (κ1) is 16.0. The largest absolute Gasteiger partial charge is 0.354 e. The van der Waals surface area contributed by atoms with Gasteiger partial charge in [0.1, 0.15) is 0 Å². The molecule has 108 valence electrons. The predicted molar refractivity (Wildman–Crippen MR) is 85.8 cm³/mol. The van der Waals surface area contributed by atoms with Crippen LogP contribution in [0.3, 0.4) is 0 Å². The second-order valence-corrected chi connectivity index (χ2v) is 7.18. The molecule has 0 saturated heterocycles. The predicted octanol–water partition coefficient (Wildman–Crippen LogP) is 3.63. The van der Waals surface area contributed by atoms with Crippen molar-refractivity contribution < 1.29 is 0 Å². The van der Waals surface area contributed by atoms with E-state index in [9.17, 15) is 0 Å². The highest BCUT2D eigenvalue weighted by atomic mass is 32.1. The third kappa shape index (κ3) is 7.21. The summed E-state index contributed by atoms with van der Waals surface area (Å²) in [7, 11) is 1.82. The third-order valence-corrected chi connectivity index (χ3v) is 3.82. The molecule has 1 aromatic heterocycles. The lowest BCUT2D eigenvalue weighted by Gasteiger charge is -2.23. The first-order chi connectivity index (χ1) is 8.90. The van der Waals surface area contributed by atoms with Crippen molar-refractivity contribution >= 4 is 17.3 Å². The fraction of sp³-hybridized carbons (Fsp3) is 0.667. The average molecular weight is 281 g/mol. The maximum atomic E-state index is 4.27. The zero-order valence-corrected chi connectivity index (χ0v) is 13.6. The van der Waals surface area contributed by atoms with Gasteiger partial charge in [-0.15, -0.1) is 11.3 Å². The van der Waals surface area contributed by atoms with E-state index >= 15 is 0 Å². The highest BCUT2D eigenvalue weighted by Gasteiger charge is 2.13. The van der Waals surface area contributed by atoms with E-state index in [2.05, 4.69) is 60.8 Å². The fourth-order valence-electron chi connectivity index (χ4n) is 1.73. The fourth-order valence-corrected chi connectivity index (χ4v) is 2.38. The molecule has 0 bridgehead atoms. The van der Waals surface area contributed by atoms with Gasteiger partial charge in [0.15, 0.2) is 5.96 Å². The van der Waals surface area contributed by atoms with Crippen LogP contribution in [0.15, 0.2) is 22.5 Å². The molecule has 0 fully saturated rings. The maximum absolute atomic E-state index is 4.27. The molecule has 3 nitrogen and oxygen atoms in total. The van der Waals surface area contributed by atoms with E-state index in [0.717, 1.165) is 18.9 Å². The van der Waals surface area contributed by atoms with Gasteiger partial charge >= 0.3 is 0 Å². The number of nitrogens with one attached hydrogen (secondary N) is 2. The van der Waals surface area contributed by atoms with Crippen molar-refractivity contribution in [2.75, 3.05) is 7.05 Å². The lowest BCUT2D eigenvalue weighted by molar-refractivity contribution is 0.346. The molecule has 2 N–H and O–H groups in total. The molecular formula is C15H27N3S. The van der Waals surface area contributed by atoms with Crippen molar-refractivity contribution in [3.05, 3.63) is 22.4 Å². The minimum atomic E-state index is 0.393.